The number of aryl methyl sites for hydroxylation is 1. The third-order valence-corrected chi connectivity index (χ3v) is 3.68. The van der Waals surface area contributed by atoms with Crippen LogP contribution in [0.1, 0.15) is 18.6 Å². The van der Waals surface area contributed by atoms with Crippen LogP contribution in [0.2, 0.25) is 0 Å². The highest BCUT2D eigenvalue weighted by molar-refractivity contribution is 7.98. The molecule has 2 aromatic heterocycles. The normalized spacial score (nSPS) is 11.1. The Hall–Kier alpha value is -1.41. The van der Waals surface area contributed by atoms with Gasteiger partial charge in [0.05, 0.1) is 5.75 Å². The Kier molecular flexibility index (Phi) is 4.32. The van der Waals surface area contributed by atoms with E-state index in [1.165, 1.54) is 0 Å². The summed E-state index contributed by atoms with van der Waals surface area (Å²) in [7, 11) is 1.96. The minimum Gasteiger partial charge on any atom is -0.330 e. The summed E-state index contributed by atoms with van der Waals surface area (Å²) in [6.45, 7) is 3.53. The Balaban J connectivity index is 2.02. The molecule has 0 fully saturated rings. The third-order valence-electron chi connectivity index (χ3n) is 2.66. The van der Waals surface area contributed by atoms with E-state index in [4.69, 9.17) is 5.73 Å². The van der Waals surface area contributed by atoms with Crippen LogP contribution < -0.4 is 5.73 Å². The van der Waals surface area contributed by atoms with E-state index in [1.54, 1.807) is 18.1 Å². The van der Waals surface area contributed by atoms with Gasteiger partial charge in [0.2, 0.25) is 0 Å². The molecule has 0 bridgehead atoms. The van der Waals surface area contributed by atoms with Crippen molar-refractivity contribution < 1.29 is 0 Å². The molecular formula is C10H17N7S. The van der Waals surface area contributed by atoms with E-state index in [0.717, 1.165) is 35.5 Å². The van der Waals surface area contributed by atoms with Crippen molar-refractivity contribution in [2.75, 3.05) is 6.54 Å². The third kappa shape index (κ3) is 2.70. The number of hydrogen-bond acceptors (Lipinski definition) is 6. The summed E-state index contributed by atoms with van der Waals surface area (Å²) in [5, 5.41) is 17.1. The fourth-order valence-corrected chi connectivity index (χ4v) is 2.48. The molecule has 0 unspecified atom stereocenters. The SMILES string of the molecule is CCn1cnnc1CSc1nnc(CCN)n1C. The number of rotatable bonds is 6. The first-order chi connectivity index (χ1) is 8.76. The summed E-state index contributed by atoms with van der Waals surface area (Å²) in [5.74, 6) is 2.60. The molecule has 0 atom stereocenters. The average molecular weight is 267 g/mol. The molecule has 7 nitrogen and oxygen atoms in total. The highest BCUT2D eigenvalue weighted by Gasteiger charge is 2.10. The van der Waals surface area contributed by atoms with Crippen molar-refractivity contribution in [2.45, 2.75) is 30.8 Å². The van der Waals surface area contributed by atoms with Crippen LogP contribution in [0.25, 0.3) is 0 Å². The second kappa shape index (κ2) is 5.96. The maximum Gasteiger partial charge on any atom is 0.191 e. The quantitative estimate of drug-likeness (QED) is 0.753. The van der Waals surface area contributed by atoms with Gasteiger partial charge in [-0.25, -0.2) is 0 Å². The number of thioether (sulfide) groups is 1. The van der Waals surface area contributed by atoms with Crippen molar-refractivity contribution in [1.29, 1.82) is 0 Å². The van der Waals surface area contributed by atoms with Gasteiger partial charge in [-0.05, 0) is 13.5 Å². The van der Waals surface area contributed by atoms with Crippen molar-refractivity contribution in [3.63, 3.8) is 0 Å². The monoisotopic (exact) mass is 267 g/mol. The molecule has 2 rings (SSSR count). The van der Waals surface area contributed by atoms with Gasteiger partial charge in [0.25, 0.3) is 0 Å². The first kappa shape index (κ1) is 13.0. The van der Waals surface area contributed by atoms with Crippen LogP contribution in [-0.4, -0.2) is 36.1 Å². The number of aromatic nitrogens is 6. The van der Waals surface area contributed by atoms with E-state index < -0.39 is 0 Å². The lowest BCUT2D eigenvalue weighted by atomic mass is 10.4. The van der Waals surface area contributed by atoms with Gasteiger partial charge >= 0.3 is 0 Å². The molecule has 0 saturated carbocycles. The van der Waals surface area contributed by atoms with Gasteiger partial charge < -0.3 is 14.9 Å². The fourth-order valence-electron chi connectivity index (χ4n) is 1.60. The van der Waals surface area contributed by atoms with Crippen molar-refractivity contribution >= 4 is 11.8 Å². The van der Waals surface area contributed by atoms with Crippen LogP contribution in [-0.2, 0) is 25.8 Å². The molecule has 18 heavy (non-hydrogen) atoms. The molecule has 2 heterocycles. The second-order valence-corrected chi connectivity index (χ2v) is 4.76. The molecule has 0 spiro atoms. The second-order valence-electron chi connectivity index (χ2n) is 3.82. The Labute approximate surface area is 110 Å². The number of hydrogen-bond donors (Lipinski definition) is 1. The van der Waals surface area contributed by atoms with Crippen LogP contribution >= 0.6 is 11.8 Å². The molecule has 0 aliphatic rings. The lowest BCUT2D eigenvalue weighted by Crippen LogP contribution is -2.08. The predicted molar refractivity (Wildman–Crippen MR) is 69.0 cm³/mol. The topological polar surface area (TPSA) is 87.4 Å². The van der Waals surface area contributed by atoms with Crippen LogP contribution in [0.5, 0.6) is 0 Å². The Morgan fingerprint density at radius 2 is 2.11 bits per heavy atom. The van der Waals surface area contributed by atoms with E-state index >= 15 is 0 Å². The molecule has 0 amide bonds. The molecule has 98 valence electrons. The number of nitrogens with zero attached hydrogens (tertiary/aromatic N) is 6. The molecule has 8 heteroatoms. The Morgan fingerprint density at radius 1 is 1.28 bits per heavy atom. The van der Waals surface area contributed by atoms with Crippen LogP contribution in [0.3, 0.4) is 0 Å². The molecule has 0 aromatic carbocycles. The fraction of sp³-hybridized carbons (Fsp3) is 0.600. The van der Waals surface area contributed by atoms with Gasteiger partial charge in [0, 0.05) is 20.0 Å². The van der Waals surface area contributed by atoms with Crippen molar-refractivity contribution in [3.8, 4) is 0 Å². The zero-order valence-electron chi connectivity index (χ0n) is 10.6. The number of nitrogens with two attached hydrogens (primary N) is 1. The predicted octanol–water partition coefficient (Wildman–Crippen LogP) is 0.220. The maximum absolute atomic E-state index is 5.52. The van der Waals surface area contributed by atoms with Crippen LogP contribution in [0.4, 0.5) is 0 Å². The standard InChI is InChI=1S/C10H17N7S/c1-3-17-7-12-13-9(17)6-18-10-15-14-8(4-5-11)16(10)2/h7H,3-6,11H2,1-2H3. The summed E-state index contributed by atoms with van der Waals surface area (Å²) in [6, 6.07) is 0. The van der Waals surface area contributed by atoms with Gasteiger partial charge in [0.15, 0.2) is 5.16 Å². The molecular weight excluding hydrogens is 250 g/mol. The van der Waals surface area contributed by atoms with Gasteiger partial charge in [-0.3, -0.25) is 0 Å². The lowest BCUT2D eigenvalue weighted by Gasteiger charge is -2.03. The molecule has 2 N–H and O–H groups in total. The maximum atomic E-state index is 5.52. The Bertz CT molecular complexity index is 504. The highest BCUT2D eigenvalue weighted by atomic mass is 32.2. The zero-order valence-corrected chi connectivity index (χ0v) is 11.4. The van der Waals surface area contributed by atoms with Gasteiger partial charge in [-0.1, -0.05) is 11.8 Å². The Morgan fingerprint density at radius 3 is 2.83 bits per heavy atom. The van der Waals surface area contributed by atoms with Gasteiger partial charge in [-0.2, -0.15) is 0 Å². The van der Waals surface area contributed by atoms with Crippen molar-refractivity contribution in [2.24, 2.45) is 12.8 Å². The minimum atomic E-state index is 0.584. The summed E-state index contributed by atoms with van der Waals surface area (Å²) in [4.78, 5) is 0. The summed E-state index contributed by atoms with van der Waals surface area (Å²) in [6.07, 6.45) is 2.49. The van der Waals surface area contributed by atoms with E-state index in [9.17, 15) is 0 Å². The van der Waals surface area contributed by atoms with E-state index in [0.29, 0.717) is 6.54 Å². The lowest BCUT2D eigenvalue weighted by molar-refractivity contribution is 0.716. The zero-order chi connectivity index (χ0) is 13.0. The molecule has 0 aliphatic heterocycles. The first-order valence-corrected chi connectivity index (χ1v) is 6.82. The van der Waals surface area contributed by atoms with Crippen molar-refractivity contribution in [3.05, 3.63) is 18.0 Å². The molecule has 0 saturated heterocycles. The van der Waals surface area contributed by atoms with E-state index in [-0.39, 0.29) is 0 Å². The summed E-state index contributed by atoms with van der Waals surface area (Å²) < 4.78 is 3.99. The minimum absolute atomic E-state index is 0.584. The van der Waals surface area contributed by atoms with E-state index in [2.05, 4.69) is 27.3 Å². The van der Waals surface area contributed by atoms with Gasteiger partial charge in [-0.15, -0.1) is 20.4 Å². The van der Waals surface area contributed by atoms with Crippen molar-refractivity contribution in [1.82, 2.24) is 29.5 Å². The average Bonchev–Trinajstić information content (AvgIpc) is 2.96. The smallest absolute Gasteiger partial charge is 0.191 e. The first-order valence-electron chi connectivity index (χ1n) is 5.84. The van der Waals surface area contributed by atoms with Crippen LogP contribution in [0.15, 0.2) is 11.5 Å². The highest BCUT2D eigenvalue weighted by Crippen LogP contribution is 2.19. The largest absolute Gasteiger partial charge is 0.330 e. The molecule has 2 aromatic rings. The van der Waals surface area contributed by atoms with Crippen LogP contribution in [0, 0.1) is 0 Å². The summed E-state index contributed by atoms with van der Waals surface area (Å²) >= 11 is 1.61. The molecule has 0 radical (unpaired) electrons. The van der Waals surface area contributed by atoms with E-state index in [1.807, 2.05) is 16.2 Å². The molecule has 0 aliphatic carbocycles. The van der Waals surface area contributed by atoms with Gasteiger partial charge in [0.1, 0.15) is 18.0 Å². The summed E-state index contributed by atoms with van der Waals surface area (Å²) in [5.41, 5.74) is 5.52.